The van der Waals surface area contributed by atoms with Crippen molar-refractivity contribution in [3.8, 4) is 67.5 Å². The highest BCUT2D eigenvalue weighted by Gasteiger charge is 2.33. The predicted molar refractivity (Wildman–Crippen MR) is 388 cm³/mol. The number of methoxy groups -OCH3 is 4. The van der Waals surface area contributed by atoms with Crippen LogP contribution in [0, 0.1) is 44.9 Å². The van der Waals surface area contributed by atoms with E-state index in [0.29, 0.717) is 69.6 Å². The van der Waals surface area contributed by atoms with E-state index in [2.05, 4.69) is 93.5 Å². The highest BCUT2D eigenvalue weighted by Crippen LogP contribution is 2.46. The largest absolute Gasteiger partial charge is 0.497 e. The molecular weight excluding hydrogens is 1210 g/mol. The smallest absolute Gasteiger partial charge is 0.131 e. The highest BCUT2D eigenvalue weighted by molar-refractivity contribution is 5.74. The van der Waals surface area contributed by atoms with Crippen LogP contribution in [0.3, 0.4) is 0 Å². The van der Waals surface area contributed by atoms with Crippen LogP contribution in [0.5, 0.6) is 23.0 Å². The molecule has 8 aromatic rings. The van der Waals surface area contributed by atoms with Gasteiger partial charge in [-0.3, -0.25) is 0 Å². The number of benzene rings is 8. The van der Waals surface area contributed by atoms with E-state index in [9.17, 15) is 27.8 Å². The van der Waals surface area contributed by atoms with Gasteiger partial charge in [0.2, 0.25) is 0 Å². The van der Waals surface area contributed by atoms with E-state index in [1.165, 1.54) is 35.4 Å². The molecule has 0 aliphatic carbocycles. The number of ether oxygens (including phenoxy) is 6. The van der Waals surface area contributed by atoms with Gasteiger partial charge < -0.3 is 38.6 Å². The standard InChI is InChI=1S/2C22H29FO2.2C20H25FO2/c2*1-7-15-9-11-17(18-14-16(24-6)10-12-20(18)23)19(13-15)21(25-8-2)22(3,4)5;2*1-6-13-7-9-15(17(11-13)19(22)20(2,3)4)16-12-14(23-5)8-10-18(16)21/h2*9-14,21H,7-8H2,1-6H3;2*7-12,19,22H,6H2,1-5H3/t2*21-;2*19-/m1010/s1. The molecule has 8 rings (SSSR count). The van der Waals surface area contributed by atoms with Crippen LogP contribution in [0.4, 0.5) is 17.6 Å². The summed E-state index contributed by atoms with van der Waals surface area (Å²) in [6, 6.07) is 43.2. The summed E-state index contributed by atoms with van der Waals surface area (Å²) >= 11 is 0. The Labute approximate surface area is 572 Å². The van der Waals surface area contributed by atoms with Crippen molar-refractivity contribution < 1.29 is 56.2 Å². The minimum atomic E-state index is -0.686. The summed E-state index contributed by atoms with van der Waals surface area (Å²) in [6.45, 7) is 38.3. The minimum absolute atomic E-state index is 0.105. The summed E-state index contributed by atoms with van der Waals surface area (Å²) in [5.74, 6) is 1.33. The van der Waals surface area contributed by atoms with Crippen LogP contribution >= 0.6 is 0 Å². The van der Waals surface area contributed by atoms with Crippen molar-refractivity contribution in [1.29, 1.82) is 0 Å². The number of hydrogen-bond donors (Lipinski definition) is 2. The second-order valence-electron chi connectivity index (χ2n) is 28.4. The average Bonchev–Trinajstić information content (AvgIpc) is 0.824. The molecule has 12 heteroatoms. The van der Waals surface area contributed by atoms with Crippen molar-refractivity contribution in [3.05, 3.63) is 213 Å². The van der Waals surface area contributed by atoms with Gasteiger partial charge in [0.1, 0.15) is 46.3 Å². The SMILES string of the molecule is CCO[C@@H](c1cc(CC)ccc1-c1cc(OC)ccc1F)C(C)(C)C.CCO[C@H](c1cc(CC)ccc1-c1cc(OC)ccc1F)C(C)(C)C.CCc1ccc(-c2cc(OC)ccc2F)c([C@@H](O)C(C)(C)C)c1.CCc1ccc(-c2cc(OC)ccc2F)c([C@H](O)C(C)(C)C)c1. The molecule has 520 valence electrons. The number of halogens is 4. The topological polar surface area (TPSA) is 95.8 Å². The fourth-order valence-electron chi connectivity index (χ4n) is 11.4. The Morgan fingerprint density at radius 3 is 0.698 bits per heavy atom. The van der Waals surface area contributed by atoms with Crippen LogP contribution < -0.4 is 18.9 Å². The lowest BCUT2D eigenvalue weighted by atomic mass is 9.80. The molecule has 0 aromatic heterocycles. The first-order chi connectivity index (χ1) is 45.2. The van der Waals surface area contributed by atoms with Crippen LogP contribution in [0.1, 0.15) is 194 Å². The van der Waals surface area contributed by atoms with E-state index in [1.54, 1.807) is 77.0 Å². The Hall–Kier alpha value is -7.48. The van der Waals surface area contributed by atoms with E-state index >= 15 is 0 Å². The number of rotatable bonds is 20. The molecule has 0 saturated carbocycles. The van der Waals surface area contributed by atoms with Gasteiger partial charge in [-0.25, -0.2) is 17.6 Å². The molecule has 0 saturated heterocycles. The molecule has 0 aliphatic heterocycles. The zero-order chi connectivity index (χ0) is 71.6. The molecule has 0 heterocycles. The maximum Gasteiger partial charge on any atom is 0.131 e. The second-order valence-corrected chi connectivity index (χ2v) is 28.4. The average molecular weight is 1320 g/mol. The van der Waals surface area contributed by atoms with Crippen LogP contribution in [0.2, 0.25) is 0 Å². The third-order valence-electron chi connectivity index (χ3n) is 17.0. The zero-order valence-corrected chi connectivity index (χ0v) is 61.3. The van der Waals surface area contributed by atoms with Crippen molar-refractivity contribution >= 4 is 0 Å². The van der Waals surface area contributed by atoms with Crippen molar-refractivity contribution in [2.45, 2.75) is 175 Å². The number of aliphatic hydroxyl groups excluding tert-OH is 2. The molecule has 0 spiro atoms. The van der Waals surface area contributed by atoms with E-state index < -0.39 is 12.2 Å². The summed E-state index contributed by atoms with van der Waals surface area (Å²) in [5.41, 5.74) is 12.5. The Morgan fingerprint density at radius 1 is 0.292 bits per heavy atom. The summed E-state index contributed by atoms with van der Waals surface area (Å²) in [7, 11) is 6.30. The molecule has 0 radical (unpaired) electrons. The van der Waals surface area contributed by atoms with Gasteiger partial charge in [-0.2, -0.15) is 0 Å². The van der Waals surface area contributed by atoms with Crippen molar-refractivity contribution in [1.82, 2.24) is 0 Å². The van der Waals surface area contributed by atoms with Gasteiger partial charge >= 0.3 is 0 Å². The summed E-state index contributed by atoms with van der Waals surface area (Å²) < 4.78 is 91.2. The lowest BCUT2D eigenvalue weighted by Crippen LogP contribution is -2.22. The maximum absolute atomic E-state index is 14.6. The Morgan fingerprint density at radius 2 is 0.510 bits per heavy atom. The van der Waals surface area contributed by atoms with Gasteiger partial charge in [-0.1, -0.05) is 184 Å². The van der Waals surface area contributed by atoms with E-state index in [1.807, 2.05) is 104 Å². The lowest BCUT2D eigenvalue weighted by Gasteiger charge is -2.32. The molecule has 0 fully saturated rings. The van der Waals surface area contributed by atoms with Gasteiger partial charge in [-0.15, -0.1) is 0 Å². The fraction of sp³-hybridized carbons (Fsp3) is 0.429. The molecule has 0 bridgehead atoms. The van der Waals surface area contributed by atoms with Crippen molar-refractivity contribution in [2.75, 3.05) is 41.7 Å². The molecular formula is C84H108F4O8. The van der Waals surface area contributed by atoms with Crippen molar-refractivity contribution in [3.63, 3.8) is 0 Å². The fourth-order valence-corrected chi connectivity index (χ4v) is 11.4. The van der Waals surface area contributed by atoms with Crippen LogP contribution in [-0.2, 0) is 35.2 Å². The van der Waals surface area contributed by atoms with Crippen molar-refractivity contribution in [2.24, 2.45) is 21.7 Å². The zero-order valence-electron chi connectivity index (χ0n) is 61.3. The van der Waals surface area contributed by atoms with Gasteiger partial charge in [0.15, 0.2) is 0 Å². The van der Waals surface area contributed by atoms with Crippen LogP contribution in [-0.4, -0.2) is 51.9 Å². The molecule has 0 unspecified atom stereocenters. The number of aryl methyl sites for hydroxylation is 4. The molecule has 2 N–H and O–H groups in total. The molecule has 96 heavy (non-hydrogen) atoms. The van der Waals surface area contributed by atoms with E-state index in [4.69, 9.17) is 28.4 Å². The summed E-state index contributed by atoms with van der Waals surface area (Å²) in [4.78, 5) is 0. The number of aliphatic hydroxyl groups is 2. The molecule has 4 atom stereocenters. The predicted octanol–water partition coefficient (Wildman–Crippen LogP) is 22.7. The second kappa shape index (κ2) is 35.2. The Balaban J connectivity index is 0.000000232. The van der Waals surface area contributed by atoms with Gasteiger partial charge in [0.05, 0.1) is 52.9 Å². The van der Waals surface area contributed by atoms with E-state index in [-0.39, 0.29) is 57.1 Å². The Kier molecular flexibility index (Phi) is 29.0. The van der Waals surface area contributed by atoms with E-state index in [0.717, 1.165) is 70.2 Å². The third-order valence-corrected chi connectivity index (χ3v) is 17.0. The van der Waals surface area contributed by atoms with Gasteiger partial charge in [0.25, 0.3) is 0 Å². The first-order valence-corrected chi connectivity index (χ1v) is 33.6. The van der Waals surface area contributed by atoms with Crippen LogP contribution in [0.15, 0.2) is 146 Å². The molecule has 0 aliphatic rings. The maximum atomic E-state index is 14.6. The molecule has 8 aromatic carbocycles. The third kappa shape index (κ3) is 20.8. The quantitative estimate of drug-likeness (QED) is 0.0729. The first kappa shape index (κ1) is 79.2. The minimum Gasteiger partial charge on any atom is -0.497 e. The monoisotopic (exact) mass is 1320 g/mol. The summed E-state index contributed by atoms with van der Waals surface area (Å²) in [6.07, 6.45) is 1.97. The summed E-state index contributed by atoms with van der Waals surface area (Å²) in [5, 5.41) is 21.6. The molecule has 8 nitrogen and oxygen atoms in total. The molecule has 0 amide bonds. The number of hydrogen-bond acceptors (Lipinski definition) is 8. The van der Waals surface area contributed by atoms with Gasteiger partial charge in [0, 0.05) is 35.5 Å². The first-order valence-electron chi connectivity index (χ1n) is 33.6. The van der Waals surface area contributed by atoms with Crippen LogP contribution in [0.25, 0.3) is 44.5 Å². The normalized spacial score (nSPS) is 13.0. The highest BCUT2D eigenvalue weighted by atomic mass is 19.1. The lowest BCUT2D eigenvalue weighted by molar-refractivity contribution is -0.0129. The Bertz CT molecular complexity index is 3540. The van der Waals surface area contributed by atoms with Gasteiger partial charge in [-0.05, 0) is 201 Å².